The number of rotatable bonds is 7. The molecule has 7 nitrogen and oxygen atoms in total. The lowest BCUT2D eigenvalue weighted by atomic mass is 10.1. The fraction of sp³-hybridized carbons (Fsp3) is 0.308. The molecule has 4 aromatic rings. The molecule has 4 heterocycles. The van der Waals surface area contributed by atoms with Crippen molar-refractivity contribution >= 4 is 34.5 Å². The predicted molar refractivity (Wildman–Crippen MR) is 140 cm³/mol. The van der Waals surface area contributed by atoms with Crippen molar-refractivity contribution in [2.45, 2.75) is 19.6 Å². The number of fused-ring (bicyclic) bond motifs is 1. The quantitative estimate of drug-likeness (QED) is 0.390. The van der Waals surface area contributed by atoms with Crippen molar-refractivity contribution in [3.05, 3.63) is 75.9 Å². The Bertz CT molecular complexity index is 1360. The number of carbonyl (C=O) groups is 1. The van der Waals surface area contributed by atoms with Gasteiger partial charge in [0.1, 0.15) is 22.4 Å². The van der Waals surface area contributed by atoms with Crippen LogP contribution in [0.15, 0.2) is 54.9 Å². The van der Waals surface area contributed by atoms with Crippen LogP contribution < -0.4 is 10.5 Å². The molecular formula is C26H28ClN5O2S. The molecule has 35 heavy (non-hydrogen) atoms. The maximum atomic E-state index is 12.2. The van der Waals surface area contributed by atoms with E-state index in [0.29, 0.717) is 15.6 Å². The Morgan fingerprint density at radius 2 is 1.97 bits per heavy atom. The number of primary amides is 1. The van der Waals surface area contributed by atoms with Crippen LogP contribution in [0.3, 0.4) is 0 Å². The molecule has 1 atom stereocenters. The van der Waals surface area contributed by atoms with Gasteiger partial charge in [0.2, 0.25) is 0 Å². The largest absolute Gasteiger partial charge is 0.484 e. The van der Waals surface area contributed by atoms with E-state index in [-0.39, 0.29) is 6.10 Å². The molecule has 1 saturated heterocycles. The SMILES string of the molecule is CC(Oc1cc(-c2cnc3ccc(CN4CCN(C)CC4)cn23)sc1C(N)=O)c1ccccc1Cl. The lowest BCUT2D eigenvalue weighted by molar-refractivity contribution is 0.0998. The number of hydrogen-bond acceptors (Lipinski definition) is 6. The minimum Gasteiger partial charge on any atom is -0.484 e. The number of piperazine rings is 1. The molecule has 1 fully saturated rings. The third kappa shape index (κ3) is 5.06. The molecule has 9 heteroatoms. The van der Waals surface area contributed by atoms with Gasteiger partial charge in [0.15, 0.2) is 0 Å². The van der Waals surface area contributed by atoms with Gasteiger partial charge in [-0.05, 0) is 31.7 Å². The Hall–Kier alpha value is -2.91. The topological polar surface area (TPSA) is 76.1 Å². The van der Waals surface area contributed by atoms with Crippen molar-refractivity contribution in [3.8, 4) is 16.3 Å². The minimum atomic E-state index is -0.521. The second kappa shape index (κ2) is 9.99. The average Bonchev–Trinajstić information content (AvgIpc) is 3.44. The molecule has 1 aromatic carbocycles. The summed E-state index contributed by atoms with van der Waals surface area (Å²) in [6.07, 6.45) is 3.61. The molecule has 0 saturated carbocycles. The number of imidazole rings is 1. The Labute approximate surface area is 213 Å². The summed E-state index contributed by atoms with van der Waals surface area (Å²) in [4.78, 5) is 22.9. The molecule has 0 bridgehead atoms. The fourth-order valence-electron chi connectivity index (χ4n) is 4.38. The number of nitrogens with zero attached hydrogens (tertiary/aromatic N) is 4. The molecular weight excluding hydrogens is 482 g/mol. The van der Waals surface area contributed by atoms with Gasteiger partial charge < -0.3 is 15.4 Å². The summed E-state index contributed by atoms with van der Waals surface area (Å²) in [7, 11) is 2.16. The number of benzene rings is 1. The molecule has 1 aliphatic rings. The molecule has 0 spiro atoms. The second-order valence-corrected chi connectivity index (χ2v) is 10.4. The van der Waals surface area contributed by atoms with E-state index in [4.69, 9.17) is 22.1 Å². The van der Waals surface area contributed by atoms with Crippen molar-refractivity contribution in [2.24, 2.45) is 5.73 Å². The van der Waals surface area contributed by atoms with Crippen LogP contribution in [0.4, 0.5) is 0 Å². The standard InChI is InChI=1S/C26H28ClN5O2S/c1-17(19-5-3-4-6-20(19)27)34-22-13-23(35-25(22)26(28)33)21-14-29-24-8-7-18(16-32(21)24)15-31-11-9-30(2)10-12-31/h3-8,13-14,16-17H,9-12,15H2,1-2H3,(H2,28,33). The second-order valence-electron chi connectivity index (χ2n) is 8.94. The van der Waals surface area contributed by atoms with Gasteiger partial charge in [-0.1, -0.05) is 35.9 Å². The summed E-state index contributed by atoms with van der Waals surface area (Å²) in [6.45, 7) is 7.08. The molecule has 1 aliphatic heterocycles. The number of halogens is 1. The Morgan fingerprint density at radius 3 is 2.71 bits per heavy atom. The zero-order valence-electron chi connectivity index (χ0n) is 19.8. The highest BCUT2D eigenvalue weighted by Crippen LogP contribution is 2.39. The van der Waals surface area contributed by atoms with Crippen LogP contribution in [0.2, 0.25) is 5.02 Å². The van der Waals surface area contributed by atoms with E-state index in [0.717, 1.165) is 54.5 Å². The fourth-order valence-corrected chi connectivity index (χ4v) is 5.62. The zero-order chi connectivity index (χ0) is 24.5. The van der Waals surface area contributed by atoms with Crippen LogP contribution in [0.5, 0.6) is 5.75 Å². The molecule has 2 N–H and O–H groups in total. The molecule has 1 unspecified atom stereocenters. The first-order valence-electron chi connectivity index (χ1n) is 11.6. The molecule has 1 amide bonds. The van der Waals surface area contributed by atoms with E-state index in [1.165, 1.54) is 16.9 Å². The summed E-state index contributed by atoms with van der Waals surface area (Å²) in [6, 6.07) is 13.6. The van der Waals surface area contributed by atoms with Crippen molar-refractivity contribution in [1.82, 2.24) is 19.2 Å². The van der Waals surface area contributed by atoms with Crippen molar-refractivity contribution in [1.29, 1.82) is 0 Å². The van der Waals surface area contributed by atoms with Crippen LogP contribution in [-0.4, -0.2) is 58.3 Å². The number of amides is 1. The maximum absolute atomic E-state index is 12.2. The normalized spacial score (nSPS) is 16.0. The number of carbonyl (C=O) groups excluding carboxylic acids is 1. The number of likely N-dealkylation sites (N-methyl/N-ethyl adjacent to an activating group) is 1. The van der Waals surface area contributed by atoms with Gasteiger partial charge in [0, 0.05) is 55.6 Å². The summed E-state index contributed by atoms with van der Waals surface area (Å²) in [5, 5.41) is 0.616. The van der Waals surface area contributed by atoms with Gasteiger partial charge in [-0.25, -0.2) is 4.98 Å². The minimum absolute atomic E-state index is 0.346. The van der Waals surface area contributed by atoms with Crippen molar-refractivity contribution < 1.29 is 9.53 Å². The van der Waals surface area contributed by atoms with Crippen LogP contribution >= 0.6 is 22.9 Å². The lowest BCUT2D eigenvalue weighted by Gasteiger charge is -2.32. The summed E-state index contributed by atoms with van der Waals surface area (Å²) >= 11 is 7.66. The van der Waals surface area contributed by atoms with E-state index in [1.54, 1.807) is 0 Å². The summed E-state index contributed by atoms with van der Waals surface area (Å²) in [5.74, 6) is -0.0688. The third-order valence-electron chi connectivity index (χ3n) is 6.39. The van der Waals surface area contributed by atoms with Crippen LogP contribution in [0.25, 0.3) is 16.2 Å². The Balaban J connectivity index is 1.44. The zero-order valence-corrected chi connectivity index (χ0v) is 21.4. The average molecular weight is 510 g/mol. The third-order valence-corrected chi connectivity index (χ3v) is 7.89. The van der Waals surface area contributed by atoms with Gasteiger partial charge >= 0.3 is 0 Å². The van der Waals surface area contributed by atoms with Crippen LogP contribution in [-0.2, 0) is 6.54 Å². The molecule has 0 radical (unpaired) electrons. The van der Waals surface area contributed by atoms with Gasteiger partial charge in [0.05, 0.1) is 16.8 Å². The summed E-state index contributed by atoms with van der Waals surface area (Å²) in [5.41, 5.74) is 9.52. The number of aromatic nitrogens is 2. The van der Waals surface area contributed by atoms with E-state index in [9.17, 15) is 4.79 Å². The Morgan fingerprint density at radius 1 is 1.20 bits per heavy atom. The Kier molecular flexibility index (Phi) is 6.80. The number of nitrogens with two attached hydrogens (primary N) is 1. The highest BCUT2D eigenvalue weighted by molar-refractivity contribution is 7.17. The lowest BCUT2D eigenvalue weighted by Crippen LogP contribution is -2.43. The van der Waals surface area contributed by atoms with E-state index < -0.39 is 5.91 Å². The van der Waals surface area contributed by atoms with Crippen LogP contribution in [0, 0.1) is 0 Å². The highest BCUT2D eigenvalue weighted by Gasteiger charge is 2.22. The van der Waals surface area contributed by atoms with Crippen molar-refractivity contribution in [2.75, 3.05) is 33.2 Å². The van der Waals surface area contributed by atoms with E-state index in [1.807, 2.05) is 49.5 Å². The van der Waals surface area contributed by atoms with E-state index in [2.05, 4.69) is 38.5 Å². The number of hydrogen-bond donors (Lipinski definition) is 1. The first kappa shape index (κ1) is 23.8. The monoisotopic (exact) mass is 509 g/mol. The number of thiophene rings is 1. The first-order chi connectivity index (χ1) is 16.9. The van der Waals surface area contributed by atoms with Gasteiger partial charge in [-0.2, -0.15) is 0 Å². The van der Waals surface area contributed by atoms with Gasteiger partial charge in [-0.3, -0.25) is 14.1 Å². The van der Waals surface area contributed by atoms with Crippen molar-refractivity contribution in [3.63, 3.8) is 0 Å². The van der Waals surface area contributed by atoms with Gasteiger partial charge in [-0.15, -0.1) is 11.3 Å². The maximum Gasteiger partial charge on any atom is 0.262 e. The van der Waals surface area contributed by atoms with Crippen LogP contribution in [0.1, 0.15) is 33.8 Å². The summed E-state index contributed by atoms with van der Waals surface area (Å²) < 4.78 is 8.25. The molecule has 3 aromatic heterocycles. The highest BCUT2D eigenvalue weighted by atomic mass is 35.5. The van der Waals surface area contributed by atoms with Gasteiger partial charge in [0.25, 0.3) is 5.91 Å². The molecule has 5 rings (SSSR count). The first-order valence-corrected chi connectivity index (χ1v) is 12.8. The smallest absolute Gasteiger partial charge is 0.262 e. The number of ether oxygens (including phenoxy) is 1. The molecule has 0 aliphatic carbocycles. The number of pyridine rings is 1. The molecule has 182 valence electrons. The van der Waals surface area contributed by atoms with E-state index >= 15 is 0 Å². The predicted octanol–water partition coefficient (Wildman–Crippen LogP) is 4.70.